The van der Waals surface area contributed by atoms with Gasteiger partial charge in [0.1, 0.15) is 5.69 Å². The molecule has 238 valence electrons. The summed E-state index contributed by atoms with van der Waals surface area (Å²) in [5.41, 5.74) is 0.663. The second kappa shape index (κ2) is 11.4. The minimum absolute atomic E-state index is 0.00115. The molecule has 1 saturated carbocycles. The Morgan fingerprint density at radius 1 is 0.932 bits per heavy atom. The van der Waals surface area contributed by atoms with Gasteiger partial charge >= 0.3 is 6.18 Å². The number of carbonyl (C=O) groups is 2. The predicted octanol–water partition coefficient (Wildman–Crippen LogP) is 5.72. The fraction of sp³-hybridized carbons (Fsp3) is 0.606. The van der Waals surface area contributed by atoms with Crippen molar-refractivity contribution in [2.45, 2.75) is 63.5 Å². The maximum Gasteiger partial charge on any atom is 0.433 e. The Morgan fingerprint density at radius 3 is 2.11 bits per heavy atom. The van der Waals surface area contributed by atoms with Crippen LogP contribution < -0.4 is 0 Å². The van der Waals surface area contributed by atoms with Crippen molar-refractivity contribution in [1.82, 2.24) is 19.7 Å². The molecule has 3 saturated heterocycles. The van der Waals surface area contributed by atoms with Crippen LogP contribution in [0.3, 0.4) is 0 Å². The van der Waals surface area contributed by atoms with Crippen molar-refractivity contribution in [3.8, 4) is 0 Å². The molecule has 6 rings (SSSR count). The summed E-state index contributed by atoms with van der Waals surface area (Å²) in [6.45, 7) is 7.80. The highest BCUT2D eigenvalue weighted by Crippen LogP contribution is 2.43. The molecule has 4 fully saturated rings. The molecule has 0 spiro atoms. The Bertz CT molecular complexity index is 1360. The van der Waals surface area contributed by atoms with E-state index in [0.29, 0.717) is 38.0 Å². The number of amides is 2. The molecule has 2 amide bonds. The largest absolute Gasteiger partial charge is 0.433 e. The summed E-state index contributed by atoms with van der Waals surface area (Å²) in [6.07, 6.45) is -3.66. The normalized spacial score (nSPS) is 25.2. The van der Waals surface area contributed by atoms with Gasteiger partial charge in [0.05, 0.1) is 11.3 Å². The Hall–Kier alpha value is -3.08. The second-order valence-electron chi connectivity index (χ2n) is 13.5. The summed E-state index contributed by atoms with van der Waals surface area (Å²) in [5.74, 6) is -2.66. The number of carbonyl (C=O) groups excluding carboxylic acids is 2. The Labute approximate surface area is 254 Å². The molecule has 2 aromatic rings. The van der Waals surface area contributed by atoms with E-state index in [9.17, 15) is 31.5 Å². The molecule has 2 unspecified atom stereocenters. The first-order chi connectivity index (χ1) is 20.7. The van der Waals surface area contributed by atoms with E-state index >= 15 is 0 Å². The number of aromatic nitrogens is 1. The molecule has 6 nitrogen and oxygen atoms in total. The Morgan fingerprint density at radius 2 is 1.55 bits per heavy atom. The highest BCUT2D eigenvalue weighted by atomic mass is 19.4. The van der Waals surface area contributed by atoms with Crippen molar-refractivity contribution in [2.24, 2.45) is 17.8 Å². The first-order valence-corrected chi connectivity index (χ1v) is 15.5. The quantitative estimate of drug-likeness (QED) is 0.389. The van der Waals surface area contributed by atoms with E-state index in [1.54, 1.807) is 4.90 Å². The molecule has 1 aliphatic carbocycles. The van der Waals surface area contributed by atoms with Gasteiger partial charge in [-0.2, -0.15) is 13.2 Å². The number of nitrogens with zero attached hydrogens (tertiary/aromatic N) is 4. The predicted molar refractivity (Wildman–Crippen MR) is 154 cm³/mol. The Balaban J connectivity index is 1.05. The number of halogens is 5. The molecule has 1 aromatic heterocycles. The summed E-state index contributed by atoms with van der Waals surface area (Å²) in [7, 11) is 0. The van der Waals surface area contributed by atoms with Gasteiger partial charge in [-0.1, -0.05) is 30.3 Å². The van der Waals surface area contributed by atoms with Gasteiger partial charge in [-0.05, 0) is 68.7 Å². The molecule has 1 aromatic carbocycles. The number of pyridine rings is 1. The number of alkyl halides is 5. The summed E-state index contributed by atoms with van der Waals surface area (Å²) >= 11 is 0. The van der Waals surface area contributed by atoms with Crippen molar-refractivity contribution >= 4 is 11.8 Å². The average molecular weight is 619 g/mol. The maximum absolute atomic E-state index is 13.6. The third-order valence-electron chi connectivity index (χ3n) is 10.4. The number of benzene rings is 1. The number of hydrogen-bond acceptors (Lipinski definition) is 4. The van der Waals surface area contributed by atoms with Crippen LogP contribution in [0, 0.1) is 31.6 Å². The lowest BCUT2D eigenvalue weighted by molar-refractivity contribution is -0.148. The fourth-order valence-electron chi connectivity index (χ4n) is 7.93. The van der Waals surface area contributed by atoms with Crippen LogP contribution in [-0.4, -0.2) is 83.2 Å². The maximum atomic E-state index is 13.6. The molecule has 0 bridgehead atoms. The first-order valence-electron chi connectivity index (χ1n) is 15.5. The average Bonchev–Trinajstić information content (AvgIpc) is 3.51. The van der Waals surface area contributed by atoms with E-state index in [1.807, 2.05) is 23.1 Å². The zero-order valence-corrected chi connectivity index (χ0v) is 25.2. The monoisotopic (exact) mass is 618 g/mol. The number of rotatable bonds is 6. The standard InChI is InChI=1S/C33H39F5N4O2/c1-21-14-27(33(36,37)38)39-22(2)28(21)30(44)41-17-24-15-40(16-25(24)18-41)13-12-31(26-6-4-3-5-7-26)19-42(20-31)29(43)23-8-10-32(34,35)11-9-23/h3-7,14,23-25H,8-13,15-20H2,1-2H3. The minimum atomic E-state index is -4.56. The van der Waals surface area contributed by atoms with Crippen molar-refractivity contribution in [1.29, 1.82) is 0 Å². The van der Waals surface area contributed by atoms with Crippen molar-refractivity contribution < 1.29 is 31.5 Å². The molecule has 44 heavy (non-hydrogen) atoms. The summed E-state index contributed by atoms with van der Waals surface area (Å²) in [5, 5.41) is 0. The van der Waals surface area contributed by atoms with Crippen LogP contribution >= 0.6 is 0 Å². The van der Waals surface area contributed by atoms with E-state index in [4.69, 9.17) is 0 Å². The third-order valence-corrected chi connectivity index (χ3v) is 10.4. The second-order valence-corrected chi connectivity index (χ2v) is 13.5. The van der Waals surface area contributed by atoms with Crippen LogP contribution in [0.25, 0.3) is 0 Å². The highest BCUT2D eigenvalue weighted by molar-refractivity contribution is 5.97. The van der Waals surface area contributed by atoms with E-state index in [1.165, 1.54) is 19.4 Å². The van der Waals surface area contributed by atoms with E-state index in [2.05, 4.69) is 22.0 Å². The van der Waals surface area contributed by atoms with Gasteiger partial charge in [0, 0.05) is 63.4 Å². The number of likely N-dealkylation sites (tertiary alicyclic amines) is 3. The SMILES string of the molecule is Cc1cc(C(F)(F)F)nc(C)c1C(=O)N1CC2CN(CCC3(c4ccccc4)CN(C(=O)C4CCC(F)(F)CC4)C3)CC2C1. The molecule has 2 atom stereocenters. The minimum Gasteiger partial charge on any atom is -0.341 e. The molecule has 0 radical (unpaired) electrons. The van der Waals surface area contributed by atoms with Crippen LogP contribution in [-0.2, 0) is 16.4 Å². The van der Waals surface area contributed by atoms with Gasteiger partial charge < -0.3 is 14.7 Å². The van der Waals surface area contributed by atoms with E-state index in [0.717, 1.165) is 32.1 Å². The van der Waals surface area contributed by atoms with E-state index < -0.39 is 17.8 Å². The smallest absolute Gasteiger partial charge is 0.341 e. The van der Waals surface area contributed by atoms with Gasteiger partial charge in [-0.3, -0.25) is 9.59 Å². The topological polar surface area (TPSA) is 56.8 Å². The van der Waals surface area contributed by atoms with Crippen molar-refractivity contribution in [3.05, 3.63) is 64.5 Å². The van der Waals surface area contributed by atoms with Gasteiger partial charge in [0.2, 0.25) is 11.8 Å². The third kappa shape index (κ3) is 5.96. The van der Waals surface area contributed by atoms with Crippen molar-refractivity contribution in [3.63, 3.8) is 0 Å². The zero-order valence-electron chi connectivity index (χ0n) is 25.2. The van der Waals surface area contributed by atoms with Gasteiger partial charge in [-0.25, -0.2) is 13.8 Å². The molecular weight excluding hydrogens is 579 g/mol. The summed E-state index contributed by atoms with van der Waals surface area (Å²) in [4.78, 5) is 36.3. The molecular formula is C33H39F5N4O2. The van der Waals surface area contributed by atoms with Gasteiger partial charge in [0.15, 0.2) is 0 Å². The van der Waals surface area contributed by atoms with Crippen LogP contribution in [0.2, 0.25) is 0 Å². The molecule has 4 heterocycles. The van der Waals surface area contributed by atoms with Crippen LogP contribution in [0.1, 0.15) is 65.0 Å². The summed E-state index contributed by atoms with van der Waals surface area (Å²) < 4.78 is 66.9. The molecule has 4 aliphatic rings. The van der Waals surface area contributed by atoms with Crippen LogP contribution in [0.5, 0.6) is 0 Å². The van der Waals surface area contributed by atoms with Crippen LogP contribution in [0.15, 0.2) is 36.4 Å². The Kier molecular flexibility index (Phi) is 7.99. The number of aryl methyl sites for hydroxylation is 2. The summed E-state index contributed by atoms with van der Waals surface area (Å²) in [6, 6.07) is 11.1. The van der Waals surface area contributed by atoms with Gasteiger partial charge in [-0.15, -0.1) is 0 Å². The molecule has 0 N–H and O–H groups in total. The number of fused-ring (bicyclic) bond motifs is 1. The van der Waals surface area contributed by atoms with Crippen molar-refractivity contribution in [2.75, 3.05) is 45.8 Å². The number of hydrogen-bond donors (Lipinski definition) is 0. The first kappa shape index (κ1) is 30.9. The van der Waals surface area contributed by atoms with E-state index in [-0.39, 0.29) is 65.7 Å². The molecule has 3 aliphatic heterocycles. The lowest BCUT2D eigenvalue weighted by atomic mass is 9.70. The zero-order chi connectivity index (χ0) is 31.4. The highest BCUT2D eigenvalue weighted by Gasteiger charge is 2.50. The lowest BCUT2D eigenvalue weighted by Crippen LogP contribution is -2.63. The van der Waals surface area contributed by atoms with Gasteiger partial charge in [0.25, 0.3) is 5.91 Å². The fourth-order valence-corrected chi connectivity index (χ4v) is 7.93. The lowest BCUT2D eigenvalue weighted by Gasteiger charge is -2.52. The molecule has 11 heteroatoms. The van der Waals surface area contributed by atoms with Crippen LogP contribution in [0.4, 0.5) is 22.0 Å².